The Kier molecular flexibility index (Phi) is 6.21. The molecule has 1 amide bonds. The van der Waals surface area contributed by atoms with Gasteiger partial charge in [-0.3, -0.25) is 4.79 Å². The highest BCUT2D eigenvalue weighted by Crippen LogP contribution is 2.16. The lowest BCUT2D eigenvalue weighted by Crippen LogP contribution is -2.25. The van der Waals surface area contributed by atoms with Crippen LogP contribution < -0.4 is 10.2 Å². The minimum atomic E-state index is -0.0871. The number of carbonyl (C=O) groups is 1. The average molecular weight is 359 g/mol. The summed E-state index contributed by atoms with van der Waals surface area (Å²) < 4.78 is 0. The van der Waals surface area contributed by atoms with Gasteiger partial charge in [-0.05, 0) is 37.1 Å². The molecule has 0 unspecified atom stereocenters. The van der Waals surface area contributed by atoms with E-state index in [1.54, 1.807) is 12.3 Å². The van der Waals surface area contributed by atoms with Gasteiger partial charge in [0.2, 0.25) is 0 Å². The van der Waals surface area contributed by atoms with Crippen molar-refractivity contribution < 1.29 is 4.79 Å². The summed E-state index contributed by atoms with van der Waals surface area (Å²) >= 11 is 0. The fraction of sp³-hybridized carbons (Fsp3) is 0.217. The normalized spacial score (nSPS) is 10.4. The Morgan fingerprint density at radius 3 is 2.52 bits per heavy atom. The van der Waals surface area contributed by atoms with Crippen molar-refractivity contribution in [3.05, 3.63) is 95.2 Å². The topological polar surface area (TPSA) is 45.2 Å². The molecule has 0 aliphatic heterocycles. The zero-order chi connectivity index (χ0) is 19.1. The predicted octanol–water partition coefficient (Wildman–Crippen LogP) is 4.35. The molecule has 1 heterocycles. The van der Waals surface area contributed by atoms with Crippen molar-refractivity contribution in [2.45, 2.75) is 26.9 Å². The summed E-state index contributed by atoms with van der Waals surface area (Å²) in [5.41, 5.74) is 4.12. The third-order valence-electron chi connectivity index (χ3n) is 4.47. The molecule has 138 valence electrons. The molecule has 1 aromatic heterocycles. The van der Waals surface area contributed by atoms with E-state index >= 15 is 0 Å². The van der Waals surface area contributed by atoms with Gasteiger partial charge >= 0.3 is 0 Å². The number of aromatic nitrogens is 1. The van der Waals surface area contributed by atoms with Crippen LogP contribution in [0.25, 0.3) is 0 Å². The van der Waals surface area contributed by atoms with E-state index in [1.807, 2.05) is 49.4 Å². The van der Waals surface area contributed by atoms with Crippen molar-refractivity contribution in [3.8, 4) is 0 Å². The van der Waals surface area contributed by atoms with Gasteiger partial charge in [0.15, 0.2) is 0 Å². The quantitative estimate of drug-likeness (QED) is 0.682. The van der Waals surface area contributed by atoms with Gasteiger partial charge in [-0.1, -0.05) is 60.2 Å². The van der Waals surface area contributed by atoms with Crippen LogP contribution in [0.15, 0.2) is 72.9 Å². The summed E-state index contributed by atoms with van der Waals surface area (Å²) in [7, 11) is 0. The first kappa shape index (κ1) is 18.6. The van der Waals surface area contributed by atoms with Crippen LogP contribution in [0, 0.1) is 6.92 Å². The Labute approximate surface area is 160 Å². The molecule has 0 radical (unpaired) electrons. The largest absolute Gasteiger partial charge is 0.353 e. The first-order chi connectivity index (χ1) is 13.2. The lowest BCUT2D eigenvalue weighted by Gasteiger charge is -2.22. The van der Waals surface area contributed by atoms with Crippen molar-refractivity contribution >= 4 is 11.7 Å². The number of nitrogens with one attached hydrogen (secondary N) is 1. The Hall–Kier alpha value is -3.14. The van der Waals surface area contributed by atoms with Gasteiger partial charge < -0.3 is 10.2 Å². The van der Waals surface area contributed by atoms with Gasteiger partial charge in [-0.2, -0.15) is 0 Å². The Morgan fingerprint density at radius 1 is 1.00 bits per heavy atom. The number of anilines is 1. The maximum atomic E-state index is 12.6. The highest BCUT2D eigenvalue weighted by atomic mass is 16.1. The summed E-state index contributed by atoms with van der Waals surface area (Å²) in [5, 5.41) is 2.99. The molecule has 4 heteroatoms. The molecule has 27 heavy (non-hydrogen) atoms. The number of hydrogen-bond acceptors (Lipinski definition) is 3. The number of pyridine rings is 1. The van der Waals surface area contributed by atoms with Gasteiger partial charge in [-0.15, -0.1) is 0 Å². The number of amides is 1. The molecule has 0 saturated heterocycles. The lowest BCUT2D eigenvalue weighted by molar-refractivity contribution is 0.0951. The summed E-state index contributed by atoms with van der Waals surface area (Å²) in [5.74, 6) is 0.723. The maximum Gasteiger partial charge on any atom is 0.251 e. The number of carbonyl (C=O) groups excluding carboxylic acids is 1. The average Bonchev–Trinajstić information content (AvgIpc) is 2.71. The molecule has 0 atom stereocenters. The number of aryl methyl sites for hydroxylation is 1. The highest BCUT2D eigenvalue weighted by Gasteiger charge is 2.11. The van der Waals surface area contributed by atoms with Crippen LogP contribution in [0.3, 0.4) is 0 Å². The zero-order valence-corrected chi connectivity index (χ0v) is 15.9. The summed E-state index contributed by atoms with van der Waals surface area (Å²) in [6.45, 7) is 6.23. The van der Waals surface area contributed by atoms with Gasteiger partial charge in [0.05, 0.1) is 0 Å². The fourth-order valence-corrected chi connectivity index (χ4v) is 3.00. The molecule has 0 bridgehead atoms. The minimum Gasteiger partial charge on any atom is -0.353 e. The second kappa shape index (κ2) is 8.99. The molecule has 0 saturated carbocycles. The Balaban J connectivity index is 1.69. The lowest BCUT2D eigenvalue weighted by atomic mass is 10.1. The van der Waals surface area contributed by atoms with E-state index in [0.29, 0.717) is 12.1 Å². The fourth-order valence-electron chi connectivity index (χ4n) is 3.00. The van der Waals surface area contributed by atoms with Crippen LogP contribution in [-0.4, -0.2) is 17.4 Å². The SMILES string of the molecule is CCN(Cc1ccccc1)c1cc(C(=O)NCc2cccc(C)c2)ccn1. The number of hydrogen-bond donors (Lipinski definition) is 1. The molecule has 0 spiro atoms. The number of benzene rings is 2. The van der Waals surface area contributed by atoms with Gasteiger partial charge in [-0.25, -0.2) is 4.98 Å². The van der Waals surface area contributed by atoms with E-state index in [4.69, 9.17) is 0 Å². The number of rotatable bonds is 7. The Bertz CT molecular complexity index is 893. The summed E-state index contributed by atoms with van der Waals surface area (Å²) in [4.78, 5) is 19.2. The van der Waals surface area contributed by atoms with E-state index < -0.39 is 0 Å². The molecule has 0 aliphatic carbocycles. The number of nitrogens with zero attached hydrogens (tertiary/aromatic N) is 2. The summed E-state index contributed by atoms with van der Waals surface area (Å²) in [6.07, 6.45) is 1.70. The monoisotopic (exact) mass is 359 g/mol. The molecule has 0 fully saturated rings. The standard InChI is InChI=1S/C23H25N3O/c1-3-26(17-19-9-5-4-6-10-19)22-15-21(12-13-24-22)23(27)25-16-20-11-7-8-18(2)14-20/h4-15H,3,16-17H2,1-2H3,(H,25,27). The van der Waals surface area contributed by atoms with Crippen molar-refractivity contribution in [3.63, 3.8) is 0 Å². The molecule has 0 aliphatic rings. The van der Waals surface area contributed by atoms with E-state index in [0.717, 1.165) is 24.5 Å². The second-order valence-corrected chi connectivity index (χ2v) is 6.57. The molecule has 2 aromatic carbocycles. The molecule has 1 N–H and O–H groups in total. The van der Waals surface area contributed by atoms with Crippen LogP contribution in [0.5, 0.6) is 0 Å². The van der Waals surface area contributed by atoms with Crippen LogP contribution in [0.1, 0.15) is 34.0 Å². The molecular formula is C23H25N3O. The van der Waals surface area contributed by atoms with E-state index in [-0.39, 0.29) is 5.91 Å². The molecular weight excluding hydrogens is 334 g/mol. The van der Waals surface area contributed by atoms with E-state index in [1.165, 1.54) is 11.1 Å². The smallest absolute Gasteiger partial charge is 0.251 e. The van der Waals surface area contributed by atoms with Crippen molar-refractivity contribution in [2.75, 3.05) is 11.4 Å². The van der Waals surface area contributed by atoms with Crippen LogP contribution in [0.2, 0.25) is 0 Å². The maximum absolute atomic E-state index is 12.6. The van der Waals surface area contributed by atoms with Gasteiger partial charge in [0, 0.05) is 31.4 Å². The summed E-state index contributed by atoms with van der Waals surface area (Å²) in [6, 6.07) is 22.0. The van der Waals surface area contributed by atoms with Crippen LogP contribution >= 0.6 is 0 Å². The van der Waals surface area contributed by atoms with Crippen LogP contribution in [0.4, 0.5) is 5.82 Å². The Morgan fingerprint density at radius 2 is 1.78 bits per heavy atom. The van der Waals surface area contributed by atoms with Crippen molar-refractivity contribution in [2.24, 2.45) is 0 Å². The predicted molar refractivity (Wildman–Crippen MR) is 110 cm³/mol. The molecule has 3 aromatic rings. The van der Waals surface area contributed by atoms with Gasteiger partial charge in [0.1, 0.15) is 5.82 Å². The van der Waals surface area contributed by atoms with Gasteiger partial charge in [0.25, 0.3) is 5.91 Å². The first-order valence-electron chi connectivity index (χ1n) is 9.24. The minimum absolute atomic E-state index is 0.0871. The highest BCUT2D eigenvalue weighted by molar-refractivity contribution is 5.94. The zero-order valence-electron chi connectivity index (χ0n) is 15.9. The molecule has 3 rings (SSSR count). The second-order valence-electron chi connectivity index (χ2n) is 6.57. The van der Waals surface area contributed by atoms with E-state index in [2.05, 4.69) is 40.3 Å². The first-order valence-corrected chi connectivity index (χ1v) is 9.24. The molecule has 4 nitrogen and oxygen atoms in total. The van der Waals surface area contributed by atoms with Crippen molar-refractivity contribution in [1.82, 2.24) is 10.3 Å². The van der Waals surface area contributed by atoms with Crippen molar-refractivity contribution in [1.29, 1.82) is 0 Å². The third-order valence-corrected chi connectivity index (χ3v) is 4.47. The van der Waals surface area contributed by atoms with Crippen LogP contribution in [-0.2, 0) is 13.1 Å². The third kappa shape index (κ3) is 5.17. The van der Waals surface area contributed by atoms with E-state index in [9.17, 15) is 4.79 Å².